The number of piperidine rings is 1. The van der Waals surface area contributed by atoms with Crippen LogP contribution in [0, 0.1) is 18.3 Å². The minimum absolute atomic E-state index is 0.0642. The van der Waals surface area contributed by atoms with Crippen LogP contribution in [0.2, 0.25) is 5.02 Å². The van der Waals surface area contributed by atoms with Gasteiger partial charge in [0.25, 0.3) is 0 Å². The lowest BCUT2D eigenvalue weighted by molar-refractivity contribution is -0.138. The first-order valence-corrected chi connectivity index (χ1v) is 7.70. The summed E-state index contributed by atoms with van der Waals surface area (Å²) in [5.41, 5.74) is -0.762. The topological polar surface area (TPSA) is 87.7 Å². The van der Waals surface area contributed by atoms with Gasteiger partial charge in [0.05, 0.1) is 22.2 Å². The summed E-state index contributed by atoms with van der Waals surface area (Å²) in [4.78, 5) is 1.76. The number of halogens is 1. The fourth-order valence-electron chi connectivity index (χ4n) is 3.93. The summed E-state index contributed by atoms with van der Waals surface area (Å²) in [7, 11) is 0. The smallest absolute Gasteiger partial charge is 0.141 e. The van der Waals surface area contributed by atoms with E-state index in [9.17, 15) is 15.3 Å². The number of nitrogens with zero attached hydrogens (tertiary/aromatic N) is 2. The van der Waals surface area contributed by atoms with Gasteiger partial charge in [0.2, 0.25) is 0 Å². The lowest BCUT2D eigenvalue weighted by Crippen LogP contribution is -2.65. The second kappa shape index (κ2) is 4.84. The molecule has 2 aliphatic rings. The Hall–Kier alpha value is -1.32. The van der Waals surface area contributed by atoms with Crippen molar-refractivity contribution in [3.63, 3.8) is 0 Å². The van der Waals surface area contributed by atoms with E-state index in [1.807, 2.05) is 6.07 Å². The molecule has 2 aliphatic heterocycles. The van der Waals surface area contributed by atoms with Gasteiger partial charge in [-0.3, -0.25) is 0 Å². The van der Waals surface area contributed by atoms with Crippen molar-refractivity contribution in [1.82, 2.24) is 0 Å². The number of aliphatic hydroxyl groups excluding tert-OH is 1. The Morgan fingerprint density at radius 3 is 2.73 bits per heavy atom. The van der Waals surface area contributed by atoms with Crippen LogP contribution in [0.25, 0.3) is 0 Å². The largest absolute Gasteiger partial charge is 0.388 e. The molecule has 0 aliphatic carbocycles. The van der Waals surface area contributed by atoms with E-state index in [0.29, 0.717) is 34.7 Å². The van der Waals surface area contributed by atoms with Gasteiger partial charge in [0, 0.05) is 12.1 Å². The molecule has 3 rings (SSSR count). The van der Waals surface area contributed by atoms with Crippen LogP contribution in [0.1, 0.15) is 37.3 Å². The second-order valence-corrected chi connectivity index (χ2v) is 7.00. The van der Waals surface area contributed by atoms with E-state index in [0.717, 1.165) is 0 Å². The maximum absolute atomic E-state index is 11.0. The molecule has 1 unspecified atom stereocenters. The Bertz CT molecular complexity index is 670. The van der Waals surface area contributed by atoms with Crippen molar-refractivity contribution in [2.24, 2.45) is 0 Å². The van der Waals surface area contributed by atoms with Gasteiger partial charge in [-0.25, -0.2) is 0 Å². The molecule has 0 aromatic heterocycles. The van der Waals surface area contributed by atoms with Crippen LogP contribution < -0.4 is 4.90 Å². The highest BCUT2D eigenvalue weighted by Crippen LogP contribution is 2.50. The van der Waals surface area contributed by atoms with Gasteiger partial charge in [-0.1, -0.05) is 11.6 Å². The molecule has 2 saturated heterocycles. The third-order valence-corrected chi connectivity index (χ3v) is 5.49. The number of anilines is 1. The van der Waals surface area contributed by atoms with Gasteiger partial charge >= 0.3 is 0 Å². The molecule has 3 N–H and O–H groups in total. The van der Waals surface area contributed by atoms with E-state index < -0.39 is 17.4 Å². The first kappa shape index (κ1) is 15.6. The highest BCUT2D eigenvalue weighted by atomic mass is 35.5. The van der Waals surface area contributed by atoms with Crippen LogP contribution >= 0.6 is 11.6 Å². The number of aliphatic hydroxyl groups is 3. The van der Waals surface area contributed by atoms with E-state index in [1.54, 1.807) is 30.9 Å². The maximum Gasteiger partial charge on any atom is 0.141 e. The Morgan fingerprint density at radius 1 is 1.41 bits per heavy atom. The van der Waals surface area contributed by atoms with Crippen molar-refractivity contribution < 1.29 is 15.3 Å². The van der Waals surface area contributed by atoms with Crippen LogP contribution in [0.15, 0.2) is 12.1 Å². The fraction of sp³-hybridized carbons (Fsp3) is 0.562. The molecule has 2 bridgehead atoms. The second-order valence-electron chi connectivity index (χ2n) is 6.62. The lowest BCUT2D eigenvalue weighted by Gasteiger charge is -2.51. The van der Waals surface area contributed by atoms with Crippen molar-refractivity contribution in [3.05, 3.63) is 28.3 Å². The highest BCUT2D eigenvalue weighted by molar-refractivity contribution is 6.32. The summed E-state index contributed by atoms with van der Waals surface area (Å²) >= 11 is 6.23. The molecular weight excluding hydrogens is 304 g/mol. The molecule has 118 valence electrons. The summed E-state index contributed by atoms with van der Waals surface area (Å²) in [5.74, 6) is 0. The van der Waals surface area contributed by atoms with E-state index in [4.69, 9.17) is 16.9 Å². The van der Waals surface area contributed by atoms with Crippen molar-refractivity contribution in [2.75, 3.05) is 4.90 Å². The van der Waals surface area contributed by atoms with Crippen molar-refractivity contribution in [2.45, 2.75) is 56.6 Å². The minimum Gasteiger partial charge on any atom is -0.388 e. The molecule has 0 amide bonds. The number of nitriles is 1. The first-order valence-electron chi connectivity index (χ1n) is 7.33. The molecule has 1 aromatic carbocycles. The number of hydrogen-bond donors (Lipinski definition) is 3. The monoisotopic (exact) mass is 322 g/mol. The number of fused-ring (bicyclic) bond motifs is 2. The molecule has 5 nitrogen and oxygen atoms in total. The van der Waals surface area contributed by atoms with Crippen LogP contribution in [0.3, 0.4) is 0 Å². The lowest BCUT2D eigenvalue weighted by atomic mass is 9.82. The Kier molecular flexibility index (Phi) is 3.42. The molecule has 0 spiro atoms. The van der Waals surface area contributed by atoms with Crippen molar-refractivity contribution >= 4 is 17.3 Å². The zero-order chi connectivity index (χ0) is 16.3. The van der Waals surface area contributed by atoms with Gasteiger partial charge in [0.15, 0.2) is 0 Å². The Balaban J connectivity index is 2.11. The van der Waals surface area contributed by atoms with Crippen LogP contribution in [-0.4, -0.2) is 38.8 Å². The number of hydrogen-bond acceptors (Lipinski definition) is 5. The minimum atomic E-state index is -1.32. The highest BCUT2D eigenvalue weighted by Gasteiger charge is 2.59. The normalized spacial score (nSPS) is 37.2. The molecule has 22 heavy (non-hydrogen) atoms. The summed E-state index contributed by atoms with van der Waals surface area (Å²) in [6, 6.07) is 5.02. The van der Waals surface area contributed by atoms with E-state index >= 15 is 0 Å². The molecular formula is C16H19ClN2O3. The van der Waals surface area contributed by atoms with Crippen LogP contribution in [0.4, 0.5) is 5.69 Å². The maximum atomic E-state index is 11.0. The summed E-state index contributed by atoms with van der Waals surface area (Å²) < 4.78 is 0. The molecule has 4 atom stereocenters. The number of rotatable bonds is 1. The molecule has 6 heteroatoms. The third-order valence-electron chi connectivity index (χ3n) is 5.00. The Morgan fingerprint density at radius 2 is 2.09 bits per heavy atom. The molecule has 2 heterocycles. The first-order chi connectivity index (χ1) is 10.2. The molecule has 0 radical (unpaired) electrons. The molecule has 2 fully saturated rings. The predicted molar refractivity (Wildman–Crippen MR) is 82.6 cm³/mol. The third kappa shape index (κ3) is 2.03. The number of benzene rings is 1. The van der Waals surface area contributed by atoms with Crippen LogP contribution in [0.5, 0.6) is 0 Å². The molecule has 1 aromatic rings. The van der Waals surface area contributed by atoms with Crippen LogP contribution in [-0.2, 0) is 0 Å². The van der Waals surface area contributed by atoms with Gasteiger partial charge in [-0.2, -0.15) is 5.26 Å². The SMILES string of the molecule is Cc1c(N2[C@@H]3CC[C@@]2(O)C[C@@](C)(O)C3O)ccc(C#N)c1Cl. The van der Waals surface area contributed by atoms with Gasteiger partial charge in [-0.05, 0) is 44.4 Å². The van der Waals surface area contributed by atoms with E-state index in [1.165, 1.54) is 0 Å². The van der Waals surface area contributed by atoms with Gasteiger partial charge < -0.3 is 20.2 Å². The van der Waals surface area contributed by atoms with Crippen molar-refractivity contribution in [1.29, 1.82) is 5.26 Å². The quantitative estimate of drug-likeness (QED) is 0.732. The van der Waals surface area contributed by atoms with Gasteiger partial charge in [-0.15, -0.1) is 0 Å². The average Bonchev–Trinajstić information content (AvgIpc) is 2.72. The van der Waals surface area contributed by atoms with E-state index in [2.05, 4.69) is 0 Å². The van der Waals surface area contributed by atoms with Gasteiger partial charge in [0.1, 0.15) is 17.9 Å². The van der Waals surface area contributed by atoms with Crippen molar-refractivity contribution in [3.8, 4) is 6.07 Å². The standard InChI is InChI=1S/C16H19ClN2O3/c1-9-11(4-3-10(7-18)13(9)17)19-12-5-6-16(19,22)8-15(2,21)14(12)20/h3-4,12,14,20-22H,5-6,8H2,1-2H3/t12-,14?,15-,16-/m1/s1. The Labute approximate surface area is 134 Å². The predicted octanol–water partition coefficient (Wildman–Crippen LogP) is 1.69. The zero-order valence-electron chi connectivity index (χ0n) is 12.5. The molecule has 0 saturated carbocycles. The average molecular weight is 323 g/mol. The fourth-order valence-corrected chi connectivity index (χ4v) is 4.13. The van der Waals surface area contributed by atoms with E-state index in [-0.39, 0.29) is 12.5 Å². The summed E-state index contributed by atoms with van der Waals surface area (Å²) in [6.45, 7) is 3.34. The summed E-state index contributed by atoms with van der Waals surface area (Å²) in [6.07, 6.45) is 0.172. The summed E-state index contributed by atoms with van der Waals surface area (Å²) in [5, 5.41) is 41.2. The zero-order valence-corrected chi connectivity index (χ0v) is 13.3.